The Morgan fingerprint density at radius 1 is 1.29 bits per heavy atom. The van der Waals surface area contributed by atoms with Crippen molar-refractivity contribution in [3.8, 4) is 0 Å². The zero-order valence-corrected chi connectivity index (χ0v) is 9.29. The van der Waals surface area contributed by atoms with Gasteiger partial charge >= 0.3 is 0 Å². The molecule has 94 valence electrons. The molecule has 0 spiro atoms. The first-order valence-corrected chi connectivity index (χ1v) is 5.64. The quantitative estimate of drug-likeness (QED) is 0.738. The van der Waals surface area contributed by atoms with E-state index < -0.39 is 17.7 Å². The third kappa shape index (κ3) is 2.63. The average molecular weight is 243 g/mol. The highest BCUT2D eigenvalue weighted by Crippen LogP contribution is 2.24. The highest BCUT2D eigenvalue weighted by molar-refractivity contribution is 5.45. The highest BCUT2D eigenvalue weighted by Gasteiger charge is 2.24. The predicted octanol–water partition coefficient (Wildman–Crippen LogP) is 1.66. The lowest BCUT2D eigenvalue weighted by Crippen LogP contribution is -2.36. The van der Waals surface area contributed by atoms with Gasteiger partial charge < -0.3 is 16.2 Å². The van der Waals surface area contributed by atoms with Crippen LogP contribution in [0.1, 0.15) is 25.7 Å². The Morgan fingerprint density at radius 3 is 2.71 bits per heavy atom. The molecule has 1 heterocycles. The predicted molar refractivity (Wildman–Crippen MR) is 60.5 cm³/mol. The van der Waals surface area contributed by atoms with Crippen molar-refractivity contribution in [3.05, 3.63) is 17.7 Å². The van der Waals surface area contributed by atoms with Crippen LogP contribution in [0.3, 0.4) is 0 Å². The number of nitrogens with two attached hydrogens (primary N) is 1. The zero-order chi connectivity index (χ0) is 12.4. The van der Waals surface area contributed by atoms with E-state index in [1.807, 2.05) is 0 Å². The summed E-state index contributed by atoms with van der Waals surface area (Å²) in [5.41, 5.74) is 5.27. The first-order chi connectivity index (χ1) is 8.08. The van der Waals surface area contributed by atoms with Crippen molar-refractivity contribution in [2.24, 2.45) is 0 Å². The minimum Gasteiger partial charge on any atom is -0.391 e. The summed E-state index contributed by atoms with van der Waals surface area (Å²) in [6.07, 6.45) is 2.81. The van der Waals surface area contributed by atoms with Gasteiger partial charge in [-0.25, -0.2) is 13.8 Å². The summed E-state index contributed by atoms with van der Waals surface area (Å²) in [7, 11) is 0. The molecule has 1 aliphatic rings. The standard InChI is InChI=1S/C11H15F2N3O/c12-6-5-7(13)11(16-10(6)14)15-8-3-1-2-4-9(8)17/h5,8-9,17H,1-4H2,(H3,14,15,16). The van der Waals surface area contributed by atoms with Gasteiger partial charge in [0.05, 0.1) is 12.1 Å². The topological polar surface area (TPSA) is 71.2 Å². The van der Waals surface area contributed by atoms with Gasteiger partial charge in [0.25, 0.3) is 0 Å². The molecule has 17 heavy (non-hydrogen) atoms. The van der Waals surface area contributed by atoms with Crippen LogP contribution in [0, 0.1) is 11.6 Å². The summed E-state index contributed by atoms with van der Waals surface area (Å²) in [5.74, 6) is -2.12. The number of nitrogens with zero attached hydrogens (tertiary/aromatic N) is 1. The number of nitrogen functional groups attached to an aromatic ring is 1. The Morgan fingerprint density at radius 2 is 2.00 bits per heavy atom. The molecular weight excluding hydrogens is 228 g/mol. The molecule has 1 saturated carbocycles. The molecule has 0 amide bonds. The number of aliphatic hydroxyl groups is 1. The lowest BCUT2D eigenvalue weighted by Gasteiger charge is -2.28. The minimum absolute atomic E-state index is 0.102. The number of rotatable bonds is 2. The number of hydrogen-bond donors (Lipinski definition) is 3. The minimum atomic E-state index is -0.878. The third-order valence-electron chi connectivity index (χ3n) is 3.01. The molecule has 0 radical (unpaired) electrons. The van der Waals surface area contributed by atoms with Crippen molar-refractivity contribution in [2.75, 3.05) is 11.1 Å². The van der Waals surface area contributed by atoms with Crippen molar-refractivity contribution in [2.45, 2.75) is 37.8 Å². The molecule has 4 nitrogen and oxygen atoms in total. The summed E-state index contributed by atoms with van der Waals surface area (Å²) in [6, 6.07) is 0.440. The number of nitrogens with one attached hydrogen (secondary N) is 1. The Labute approximate surface area is 97.8 Å². The van der Waals surface area contributed by atoms with E-state index in [2.05, 4.69) is 10.3 Å². The molecule has 1 aliphatic carbocycles. The first kappa shape index (κ1) is 12.0. The van der Waals surface area contributed by atoms with Crippen molar-refractivity contribution in [3.63, 3.8) is 0 Å². The summed E-state index contributed by atoms with van der Waals surface area (Å²) in [5, 5.41) is 12.5. The largest absolute Gasteiger partial charge is 0.391 e. The molecule has 0 aliphatic heterocycles. The van der Waals surface area contributed by atoms with Gasteiger partial charge in [0.15, 0.2) is 23.3 Å². The van der Waals surface area contributed by atoms with Gasteiger partial charge in [-0.05, 0) is 12.8 Å². The van der Waals surface area contributed by atoms with Crippen LogP contribution in [0.15, 0.2) is 6.07 Å². The smallest absolute Gasteiger partial charge is 0.168 e. The van der Waals surface area contributed by atoms with Crippen LogP contribution in [0.4, 0.5) is 20.4 Å². The lowest BCUT2D eigenvalue weighted by atomic mass is 9.92. The number of aliphatic hydroxyl groups excluding tert-OH is 1. The number of anilines is 2. The van der Waals surface area contributed by atoms with Gasteiger partial charge in [-0.2, -0.15) is 0 Å². The second-order valence-electron chi connectivity index (χ2n) is 4.29. The zero-order valence-electron chi connectivity index (χ0n) is 9.29. The van der Waals surface area contributed by atoms with Gasteiger partial charge in [0, 0.05) is 6.07 Å². The fourth-order valence-corrected chi connectivity index (χ4v) is 2.04. The van der Waals surface area contributed by atoms with E-state index in [1.54, 1.807) is 0 Å². The molecule has 1 aromatic heterocycles. The number of halogens is 2. The van der Waals surface area contributed by atoms with Gasteiger partial charge in [-0.3, -0.25) is 0 Å². The molecule has 4 N–H and O–H groups in total. The molecule has 2 unspecified atom stereocenters. The van der Waals surface area contributed by atoms with Crippen molar-refractivity contribution in [1.82, 2.24) is 4.98 Å². The van der Waals surface area contributed by atoms with Gasteiger partial charge in [-0.15, -0.1) is 0 Å². The second-order valence-corrected chi connectivity index (χ2v) is 4.29. The monoisotopic (exact) mass is 243 g/mol. The summed E-state index contributed by atoms with van der Waals surface area (Å²) in [4.78, 5) is 3.61. The maximum atomic E-state index is 13.4. The van der Waals surface area contributed by atoms with Crippen molar-refractivity contribution < 1.29 is 13.9 Å². The number of aromatic nitrogens is 1. The van der Waals surface area contributed by atoms with Crippen molar-refractivity contribution in [1.29, 1.82) is 0 Å². The molecule has 0 saturated heterocycles. The van der Waals surface area contributed by atoms with Gasteiger partial charge in [0.1, 0.15) is 0 Å². The van der Waals surface area contributed by atoms with E-state index in [9.17, 15) is 13.9 Å². The van der Waals surface area contributed by atoms with Gasteiger partial charge in [-0.1, -0.05) is 12.8 Å². The van der Waals surface area contributed by atoms with E-state index in [4.69, 9.17) is 5.73 Å². The van der Waals surface area contributed by atoms with E-state index in [1.165, 1.54) is 0 Å². The second kappa shape index (κ2) is 4.83. The summed E-state index contributed by atoms with van der Waals surface area (Å²) >= 11 is 0. The highest BCUT2D eigenvalue weighted by atomic mass is 19.1. The summed E-state index contributed by atoms with van der Waals surface area (Å²) < 4.78 is 26.3. The molecular formula is C11H15F2N3O. The SMILES string of the molecule is Nc1nc(NC2CCCCC2O)c(F)cc1F. The molecule has 1 fully saturated rings. The van der Waals surface area contributed by atoms with Crippen LogP contribution in [-0.4, -0.2) is 22.2 Å². The van der Waals surface area contributed by atoms with Gasteiger partial charge in [0.2, 0.25) is 0 Å². The summed E-state index contributed by atoms with van der Waals surface area (Å²) in [6.45, 7) is 0. The van der Waals surface area contributed by atoms with E-state index >= 15 is 0 Å². The Kier molecular flexibility index (Phi) is 3.42. The van der Waals surface area contributed by atoms with Crippen LogP contribution in [0.5, 0.6) is 0 Å². The fraction of sp³-hybridized carbons (Fsp3) is 0.545. The Bertz CT molecular complexity index is 414. The maximum Gasteiger partial charge on any atom is 0.168 e. The van der Waals surface area contributed by atoms with E-state index in [-0.39, 0.29) is 17.7 Å². The molecule has 2 atom stereocenters. The van der Waals surface area contributed by atoms with Crippen LogP contribution >= 0.6 is 0 Å². The van der Waals surface area contributed by atoms with Crippen LogP contribution in [0.2, 0.25) is 0 Å². The lowest BCUT2D eigenvalue weighted by molar-refractivity contribution is 0.116. The van der Waals surface area contributed by atoms with Crippen molar-refractivity contribution >= 4 is 11.6 Å². The normalized spacial score (nSPS) is 24.6. The average Bonchev–Trinajstić information content (AvgIpc) is 2.29. The maximum absolute atomic E-state index is 13.4. The van der Waals surface area contributed by atoms with E-state index in [0.29, 0.717) is 12.5 Å². The molecule has 0 bridgehead atoms. The van der Waals surface area contributed by atoms with E-state index in [0.717, 1.165) is 19.3 Å². The van der Waals surface area contributed by atoms with Crippen LogP contribution in [0.25, 0.3) is 0 Å². The number of hydrogen-bond acceptors (Lipinski definition) is 4. The first-order valence-electron chi connectivity index (χ1n) is 5.64. The van der Waals surface area contributed by atoms with Crippen LogP contribution in [-0.2, 0) is 0 Å². The molecule has 0 aromatic carbocycles. The fourth-order valence-electron chi connectivity index (χ4n) is 2.04. The van der Waals surface area contributed by atoms with Crippen LogP contribution < -0.4 is 11.1 Å². The molecule has 1 aromatic rings. The number of pyridine rings is 1. The molecule has 6 heteroatoms. The Balaban J connectivity index is 2.15. The Hall–Kier alpha value is -1.43. The third-order valence-corrected chi connectivity index (χ3v) is 3.01. The molecule has 2 rings (SSSR count).